The minimum Gasteiger partial charge on any atom is -0.398 e. The highest BCUT2D eigenvalue weighted by Crippen LogP contribution is 2.35. The lowest BCUT2D eigenvalue weighted by Gasteiger charge is -2.43. The number of aromatic nitrogens is 1. The molecule has 4 heteroatoms. The van der Waals surface area contributed by atoms with Crippen LogP contribution in [-0.4, -0.2) is 29.5 Å². The zero-order chi connectivity index (χ0) is 13.1. The van der Waals surface area contributed by atoms with Gasteiger partial charge in [0.25, 0.3) is 0 Å². The van der Waals surface area contributed by atoms with E-state index in [2.05, 4.69) is 37.8 Å². The molecule has 0 saturated carbocycles. The van der Waals surface area contributed by atoms with E-state index < -0.39 is 0 Å². The summed E-state index contributed by atoms with van der Waals surface area (Å²) >= 11 is 0. The molecule has 1 heterocycles. The molecule has 0 radical (unpaired) electrons. The minimum absolute atomic E-state index is 0.0723. The summed E-state index contributed by atoms with van der Waals surface area (Å²) in [5.41, 5.74) is 14.0. The Morgan fingerprint density at radius 1 is 1.35 bits per heavy atom. The van der Waals surface area contributed by atoms with E-state index in [-0.39, 0.29) is 11.6 Å². The number of pyridine rings is 1. The fourth-order valence-corrected chi connectivity index (χ4v) is 2.57. The maximum Gasteiger partial charge on any atom is 0.0517 e. The van der Waals surface area contributed by atoms with Gasteiger partial charge in [0, 0.05) is 29.2 Å². The molecule has 96 valence electrons. The van der Waals surface area contributed by atoms with Gasteiger partial charge in [-0.15, -0.1) is 0 Å². The maximum absolute atomic E-state index is 6.44. The highest BCUT2D eigenvalue weighted by Gasteiger charge is 2.37. The first-order valence-electron chi connectivity index (χ1n) is 6.12. The van der Waals surface area contributed by atoms with Crippen molar-refractivity contribution >= 4 is 5.69 Å². The number of hydrogen-bond donors (Lipinski definition) is 2. The molecule has 0 aromatic carbocycles. The van der Waals surface area contributed by atoms with Crippen molar-refractivity contribution in [2.45, 2.75) is 38.3 Å². The van der Waals surface area contributed by atoms with Crippen LogP contribution in [0.4, 0.5) is 5.69 Å². The lowest BCUT2D eigenvalue weighted by molar-refractivity contribution is 0.106. The highest BCUT2D eigenvalue weighted by molar-refractivity contribution is 5.47. The minimum atomic E-state index is -0.124. The fourth-order valence-electron chi connectivity index (χ4n) is 2.57. The molecule has 0 bridgehead atoms. The van der Waals surface area contributed by atoms with Crippen LogP contribution in [0, 0.1) is 0 Å². The standard InChI is InChI=1S/C13H24N4/c1-5-13(6-2,17(3)4)12(15)10-9-16-8-7-11(10)14/h7-9,12H,5-6,15H2,1-4H3,(H2,14,16). The van der Waals surface area contributed by atoms with E-state index >= 15 is 0 Å². The first-order chi connectivity index (χ1) is 7.99. The van der Waals surface area contributed by atoms with E-state index in [1.807, 2.05) is 0 Å². The molecule has 0 saturated heterocycles. The van der Waals surface area contributed by atoms with Gasteiger partial charge in [-0.1, -0.05) is 13.8 Å². The third-order valence-electron chi connectivity index (χ3n) is 3.92. The van der Waals surface area contributed by atoms with Gasteiger partial charge in [0.15, 0.2) is 0 Å². The molecule has 0 aliphatic heterocycles. The van der Waals surface area contributed by atoms with Gasteiger partial charge in [0.2, 0.25) is 0 Å². The molecular formula is C13H24N4. The van der Waals surface area contributed by atoms with Gasteiger partial charge < -0.3 is 16.4 Å². The quantitative estimate of drug-likeness (QED) is 0.817. The van der Waals surface area contributed by atoms with E-state index in [0.29, 0.717) is 0 Å². The predicted molar refractivity (Wildman–Crippen MR) is 72.6 cm³/mol. The van der Waals surface area contributed by atoms with Crippen LogP contribution in [0.1, 0.15) is 38.3 Å². The summed E-state index contributed by atoms with van der Waals surface area (Å²) in [7, 11) is 4.14. The number of nitrogens with two attached hydrogens (primary N) is 2. The lowest BCUT2D eigenvalue weighted by atomic mass is 9.80. The molecule has 1 atom stereocenters. The second kappa shape index (κ2) is 5.47. The number of anilines is 1. The number of nitrogen functional groups attached to an aromatic ring is 1. The van der Waals surface area contributed by atoms with E-state index in [1.165, 1.54) is 0 Å². The van der Waals surface area contributed by atoms with Crippen LogP contribution in [0.5, 0.6) is 0 Å². The molecule has 1 aromatic rings. The Morgan fingerprint density at radius 3 is 2.35 bits per heavy atom. The number of rotatable bonds is 5. The van der Waals surface area contributed by atoms with Gasteiger partial charge in [-0.3, -0.25) is 4.98 Å². The Labute approximate surface area is 104 Å². The van der Waals surface area contributed by atoms with Crippen LogP contribution < -0.4 is 11.5 Å². The van der Waals surface area contributed by atoms with Crippen molar-refractivity contribution < 1.29 is 0 Å². The molecule has 0 fully saturated rings. The van der Waals surface area contributed by atoms with Crippen LogP contribution in [0.3, 0.4) is 0 Å². The molecule has 4 N–H and O–H groups in total. The zero-order valence-corrected chi connectivity index (χ0v) is 11.3. The fraction of sp³-hybridized carbons (Fsp3) is 0.615. The van der Waals surface area contributed by atoms with Crippen molar-refractivity contribution in [3.05, 3.63) is 24.0 Å². The molecule has 0 aliphatic carbocycles. The van der Waals surface area contributed by atoms with E-state index in [4.69, 9.17) is 11.5 Å². The Balaban J connectivity index is 3.17. The van der Waals surface area contributed by atoms with Crippen LogP contribution in [0.2, 0.25) is 0 Å². The van der Waals surface area contributed by atoms with Crippen LogP contribution in [-0.2, 0) is 0 Å². The van der Waals surface area contributed by atoms with Crippen molar-refractivity contribution in [2.24, 2.45) is 5.73 Å². The smallest absolute Gasteiger partial charge is 0.0517 e. The topological polar surface area (TPSA) is 68.2 Å². The molecule has 1 unspecified atom stereocenters. The van der Waals surface area contributed by atoms with Crippen molar-refractivity contribution in [3.8, 4) is 0 Å². The second-order valence-electron chi connectivity index (χ2n) is 4.69. The van der Waals surface area contributed by atoms with Crippen molar-refractivity contribution in [3.63, 3.8) is 0 Å². The molecule has 1 rings (SSSR count). The van der Waals surface area contributed by atoms with Gasteiger partial charge >= 0.3 is 0 Å². The average Bonchev–Trinajstić information content (AvgIpc) is 2.31. The SMILES string of the molecule is CCC(CC)(C(N)c1cnccc1N)N(C)C. The summed E-state index contributed by atoms with van der Waals surface area (Å²) < 4.78 is 0. The van der Waals surface area contributed by atoms with Crippen molar-refractivity contribution in [1.82, 2.24) is 9.88 Å². The molecule has 0 amide bonds. The predicted octanol–water partition coefficient (Wildman–Crippen LogP) is 1.78. The number of nitrogens with zero attached hydrogens (tertiary/aromatic N) is 2. The molecule has 0 spiro atoms. The Bertz CT molecular complexity index is 358. The Hall–Kier alpha value is -1.13. The molecule has 0 aliphatic rings. The largest absolute Gasteiger partial charge is 0.398 e. The summed E-state index contributed by atoms with van der Waals surface area (Å²) in [6.45, 7) is 4.33. The van der Waals surface area contributed by atoms with Crippen molar-refractivity contribution in [1.29, 1.82) is 0 Å². The molecule has 4 nitrogen and oxygen atoms in total. The maximum atomic E-state index is 6.44. The van der Waals surface area contributed by atoms with Crippen LogP contribution in [0.15, 0.2) is 18.5 Å². The number of hydrogen-bond acceptors (Lipinski definition) is 4. The van der Waals surface area contributed by atoms with Crippen molar-refractivity contribution in [2.75, 3.05) is 19.8 Å². The van der Waals surface area contributed by atoms with E-state index in [9.17, 15) is 0 Å². The Kier molecular flexibility index (Phi) is 4.48. The monoisotopic (exact) mass is 236 g/mol. The summed E-state index contributed by atoms with van der Waals surface area (Å²) in [5, 5.41) is 0. The average molecular weight is 236 g/mol. The molecular weight excluding hydrogens is 212 g/mol. The third kappa shape index (κ3) is 2.42. The summed E-state index contributed by atoms with van der Waals surface area (Å²) in [6, 6.07) is 1.68. The third-order valence-corrected chi connectivity index (χ3v) is 3.92. The van der Waals surface area contributed by atoms with Gasteiger partial charge in [-0.2, -0.15) is 0 Å². The van der Waals surface area contributed by atoms with Crippen LogP contribution in [0.25, 0.3) is 0 Å². The van der Waals surface area contributed by atoms with E-state index in [0.717, 1.165) is 24.1 Å². The normalized spacial score (nSPS) is 14.0. The van der Waals surface area contributed by atoms with Gasteiger partial charge in [-0.25, -0.2) is 0 Å². The first kappa shape index (κ1) is 13.9. The number of likely N-dealkylation sites (N-methyl/N-ethyl adjacent to an activating group) is 1. The van der Waals surface area contributed by atoms with Gasteiger partial charge in [-0.05, 0) is 33.0 Å². The van der Waals surface area contributed by atoms with E-state index in [1.54, 1.807) is 18.5 Å². The zero-order valence-electron chi connectivity index (χ0n) is 11.3. The van der Waals surface area contributed by atoms with Crippen LogP contribution >= 0.6 is 0 Å². The van der Waals surface area contributed by atoms with Gasteiger partial charge in [0.05, 0.1) is 6.04 Å². The summed E-state index contributed by atoms with van der Waals surface area (Å²) in [5.74, 6) is 0. The lowest BCUT2D eigenvalue weighted by Crippen LogP contribution is -2.51. The highest BCUT2D eigenvalue weighted by atomic mass is 15.2. The summed E-state index contributed by atoms with van der Waals surface area (Å²) in [6.07, 6.45) is 5.43. The summed E-state index contributed by atoms with van der Waals surface area (Å²) in [4.78, 5) is 6.33. The Morgan fingerprint density at radius 2 is 1.94 bits per heavy atom. The first-order valence-corrected chi connectivity index (χ1v) is 6.12. The van der Waals surface area contributed by atoms with Gasteiger partial charge in [0.1, 0.15) is 0 Å². The molecule has 17 heavy (non-hydrogen) atoms. The molecule has 1 aromatic heterocycles. The second-order valence-corrected chi connectivity index (χ2v) is 4.69.